The summed E-state index contributed by atoms with van der Waals surface area (Å²) in [7, 11) is -16.4. The van der Waals surface area contributed by atoms with Crippen molar-refractivity contribution in [3.8, 4) is 0 Å². The molecule has 1 saturated heterocycles. The van der Waals surface area contributed by atoms with Crippen molar-refractivity contribution in [3.63, 3.8) is 0 Å². The van der Waals surface area contributed by atoms with E-state index in [-0.39, 0.29) is 60.5 Å². The average molecular weight is 880 g/mol. The summed E-state index contributed by atoms with van der Waals surface area (Å²) in [5.41, 5.74) is 4.78. The number of benzene rings is 1. The predicted molar refractivity (Wildman–Crippen MR) is 200 cm³/mol. The third-order valence-electron chi connectivity index (χ3n) is 7.74. The second kappa shape index (κ2) is 20.6. The first kappa shape index (κ1) is 48.7. The van der Waals surface area contributed by atoms with Crippen LogP contribution in [0.4, 0.5) is 5.82 Å². The number of nitrogen functional groups attached to an aromatic ring is 1. The van der Waals surface area contributed by atoms with Gasteiger partial charge in [0.1, 0.15) is 36.3 Å². The van der Waals surface area contributed by atoms with Gasteiger partial charge in [0.2, 0.25) is 16.9 Å². The van der Waals surface area contributed by atoms with Gasteiger partial charge in [0.15, 0.2) is 17.7 Å². The number of fused-ring (bicyclic) bond motifs is 1. The minimum atomic E-state index is -5.57. The maximum absolute atomic E-state index is 12.7. The molecule has 24 nitrogen and oxygen atoms in total. The van der Waals surface area contributed by atoms with Gasteiger partial charge in [0.05, 0.1) is 19.5 Å². The number of aromatic nitrogens is 4. The Morgan fingerprint density at radius 3 is 2.35 bits per heavy atom. The third-order valence-corrected chi connectivity index (χ3v) is 11.8. The number of amides is 2. The van der Waals surface area contributed by atoms with Gasteiger partial charge in [-0.05, 0) is 0 Å². The van der Waals surface area contributed by atoms with Crippen LogP contribution in [0.2, 0.25) is 0 Å². The molecule has 0 spiro atoms. The Hall–Kier alpha value is -2.62. The minimum absolute atomic E-state index is 0. The molecule has 4 rings (SSSR count). The SMILES string of the molecule is CC(C)(COP(=O)(O)OP(=O)(O)OCC1OC(n2cnc3c(N)ncnc32)C(O)C1OP(=O)(O)O)C(O)C(=O)NCCC(=O)NCCSC(=O)c1ccccc1.[LiH]. The molecule has 1 fully saturated rings. The van der Waals surface area contributed by atoms with E-state index in [4.69, 9.17) is 19.5 Å². The molecule has 7 atom stereocenters. The molecule has 3 heterocycles. The second-order valence-corrected chi connectivity index (χ2v) is 17.9. The summed E-state index contributed by atoms with van der Waals surface area (Å²) in [5, 5.41) is 26.2. The summed E-state index contributed by atoms with van der Waals surface area (Å²) < 4.78 is 62.1. The molecular weight excluding hydrogens is 838 g/mol. The van der Waals surface area contributed by atoms with Crippen molar-refractivity contribution in [2.45, 2.75) is 50.9 Å². The summed E-state index contributed by atoms with van der Waals surface area (Å²) in [5.74, 6) is -1.17. The fraction of sp³-hybridized carbons (Fsp3) is 0.500. The zero-order valence-electron chi connectivity index (χ0n) is 29.5. The van der Waals surface area contributed by atoms with Gasteiger partial charge in [-0.1, -0.05) is 55.9 Å². The van der Waals surface area contributed by atoms with Gasteiger partial charge in [-0.25, -0.2) is 28.6 Å². The summed E-state index contributed by atoms with van der Waals surface area (Å²) in [6, 6.07) is 8.58. The number of rotatable bonds is 20. The number of hydrogen-bond donors (Lipinski definition) is 9. The zero-order chi connectivity index (χ0) is 41.5. The van der Waals surface area contributed by atoms with Crippen LogP contribution in [0.5, 0.6) is 0 Å². The van der Waals surface area contributed by atoms with Crippen LogP contribution in [0.1, 0.15) is 36.9 Å². The molecule has 0 aliphatic carbocycles. The van der Waals surface area contributed by atoms with E-state index in [1.54, 1.807) is 30.3 Å². The molecule has 29 heteroatoms. The number of nitrogens with zero attached hydrogens (tertiary/aromatic N) is 4. The molecule has 0 bridgehead atoms. The van der Waals surface area contributed by atoms with Crippen molar-refractivity contribution < 1.29 is 80.5 Å². The van der Waals surface area contributed by atoms with Crippen molar-refractivity contribution in [1.29, 1.82) is 0 Å². The van der Waals surface area contributed by atoms with E-state index in [2.05, 4.69) is 34.4 Å². The second-order valence-electron chi connectivity index (χ2n) is 12.6. The molecule has 2 amide bonds. The third kappa shape index (κ3) is 14.3. The number of thioether (sulfide) groups is 1. The number of anilines is 1. The fourth-order valence-electron chi connectivity index (χ4n) is 4.93. The first-order valence-electron chi connectivity index (χ1n) is 16.2. The summed E-state index contributed by atoms with van der Waals surface area (Å²) in [6.07, 6.45) is -6.94. The quantitative estimate of drug-likeness (QED) is 0.0386. The molecule has 1 aliphatic rings. The van der Waals surface area contributed by atoms with E-state index in [0.29, 0.717) is 11.3 Å². The zero-order valence-corrected chi connectivity index (χ0v) is 33.0. The van der Waals surface area contributed by atoms with Gasteiger partial charge < -0.3 is 50.9 Å². The van der Waals surface area contributed by atoms with E-state index in [9.17, 15) is 57.9 Å². The average Bonchev–Trinajstić information content (AvgIpc) is 3.68. The Kier molecular flexibility index (Phi) is 17.6. The van der Waals surface area contributed by atoms with Crippen LogP contribution in [0.25, 0.3) is 11.2 Å². The molecule has 1 aromatic carbocycles. The number of carbonyl (C=O) groups excluding carboxylic acids is 3. The molecule has 3 aromatic rings. The van der Waals surface area contributed by atoms with Gasteiger partial charge in [-0.15, -0.1) is 0 Å². The van der Waals surface area contributed by atoms with Gasteiger partial charge in [-0.2, -0.15) is 4.31 Å². The summed E-state index contributed by atoms with van der Waals surface area (Å²) >= 11 is 1.02. The Morgan fingerprint density at radius 2 is 1.68 bits per heavy atom. The van der Waals surface area contributed by atoms with Crippen LogP contribution >= 0.6 is 35.2 Å². The van der Waals surface area contributed by atoms with Crippen LogP contribution in [-0.2, 0) is 45.9 Å². The Bertz CT molecular complexity index is 2010. The topological polar surface area (TPSA) is 364 Å². The van der Waals surface area contributed by atoms with Crippen molar-refractivity contribution in [2.24, 2.45) is 5.41 Å². The van der Waals surface area contributed by atoms with Crippen molar-refractivity contribution >= 4 is 88.0 Å². The van der Waals surface area contributed by atoms with E-state index < -0.39 is 84.6 Å². The van der Waals surface area contributed by atoms with Crippen LogP contribution in [0.3, 0.4) is 0 Å². The van der Waals surface area contributed by atoms with Crippen LogP contribution < -0.4 is 16.4 Å². The van der Waals surface area contributed by atoms with E-state index >= 15 is 0 Å². The van der Waals surface area contributed by atoms with Gasteiger partial charge >= 0.3 is 42.3 Å². The molecule has 1 aliphatic heterocycles. The number of aliphatic hydroxyl groups excluding tert-OH is 2. The standard InChI is InChI=1S/C28H40N7O17P3S.Li.H/c1-28(2,22(38)25(39)31-9-8-18(36)30-10-11-56-27(40)16-6-4-3-5-7-16)13-49-55(46,47)52-54(44,45)48-12-17-21(51-53(41,42)43)20(37)26(50-17)35-15-34-19-23(29)32-14-33-24(19)35;;/h3-7,14-15,17,20-22,26,37-38H,8-13H2,1-2H3,(H,30,36)(H,31,39)(H,44,45)(H,46,47)(H2,29,32,33)(H2,41,42,43);;. The molecule has 57 heavy (non-hydrogen) atoms. The van der Waals surface area contributed by atoms with Crippen LogP contribution in [-0.4, -0.2) is 142 Å². The first-order valence-corrected chi connectivity index (χ1v) is 21.7. The van der Waals surface area contributed by atoms with Crippen molar-refractivity contribution in [1.82, 2.24) is 30.2 Å². The number of phosphoric acid groups is 3. The number of ether oxygens (including phenoxy) is 1. The number of nitrogens with two attached hydrogens (primary N) is 1. The van der Waals surface area contributed by atoms with Gasteiger partial charge in [0.25, 0.3) is 0 Å². The van der Waals surface area contributed by atoms with Crippen molar-refractivity contribution in [2.75, 3.05) is 37.8 Å². The Balaban J connectivity index is 0.00000870. The molecule has 2 aromatic heterocycles. The fourth-order valence-corrected chi connectivity index (χ4v) is 8.45. The van der Waals surface area contributed by atoms with E-state index in [0.717, 1.165) is 29.0 Å². The van der Waals surface area contributed by atoms with Crippen LogP contribution in [0.15, 0.2) is 43.0 Å². The Labute approximate surface area is 340 Å². The van der Waals surface area contributed by atoms with Crippen molar-refractivity contribution in [3.05, 3.63) is 48.5 Å². The number of phosphoric ester groups is 3. The van der Waals surface area contributed by atoms with Gasteiger partial charge in [-0.3, -0.25) is 32.5 Å². The molecule has 7 unspecified atom stereocenters. The number of aliphatic hydroxyl groups is 2. The van der Waals surface area contributed by atoms with Crippen LogP contribution in [0, 0.1) is 5.41 Å². The molecule has 0 saturated carbocycles. The molecular formula is C28H41LiN7O17P3S. The molecule has 0 radical (unpaired) electrons. The number of nitrogens with one attached hydrogen (secondary N) is 2. The molecule has 10 N–H and O–H groups in total. The normalized spacial score (nSPS) is 21.2. The van der Waals surface area contributed by atoms with E-state index in [1.807, 2.05) is 0 Å². The summed E-state index contributed by atoms with van der Waals surface area (Å²) in [4.78, 5) is 87.7. The van der Waals surface area contributed by atoms with E-state index in [1.165, 1.54) is 13.8 Å². The monoisotopic (exact) mass is 879 g/mol. The molecule has 312 valence electrons. The number of hydrogen-bond acceptors (Lipinski definition) is 18. The Morgan fingerprint density at radius 1 is 1.02 bits per heavy atom. The van der Waals surface area contributed by atoms with Gasteiger partial charge in [0, 0.05) is 36.2 Å². The summed E-state index contributed by atoms with van der Waals surface area (Å²) in [6.45, 7) is 0.448. The number of carbonyl (C=O) groups is 3. The predicted octanol–water partition coefficient (Wildman–Crippen LogP) is -0.670. The maximum atomic E-state index is 12.7. The first-order chi connectivity index (χ1) is 26.1. The number of imidazole rings is 1.